The molecule has 2 heterocycles. The molecule has 5 nitrogen and oxygen atoms in total. The standard InChI is InChI=1S/C11H11N3O2/c1-16-11-3-2-8(5-13-11)4-10-12-6-9(7-15)14-10/h2-3,5-7H,4H2,1H3,(H,12,14). The lowest BCUT2D eigenvalue weighted by atomic mass is 10.2. The third kappa shape index (κ3) is 2.25. The summed E-state index contributed by atoms with van der Waals surface area (Å²) in [5.74, 6) is 1.32. The van der Waals surface area contributed by atoms with Crippen LogP contribution in [-0.4, -0.2) is 28.3 Å². The van der Waals surface area contributed by atoms with E-state index in [4.69, 9.17) is 4.74 Å². The molecule has 0 saturated heterocycles. The predicted octanol–water partition coefficient (Wildman–Crippen LogP) is 1.22. The Morgan fingerprint density at radius 3 is 2.81 bits per heavy atom. The highest BCUT2D eigenvalue weighted by molar-refractivity contribution is 5.71. The molecule has 0 amide bonds. The van der Waals surface area contributed by atoms with Crippen LogP contribution in [0.1, 0.15) is 21.9 Å². The smallest absolute Gasteiger partial charge is 0.212 e. The fourth-order valence-electron chi connectivity index (χ4n) is 1.36. The molecule has 2 aromatic heterocycles. The Morgan fingerprint density at radius 2 is 2.25 bits per heavy atom. The number of aromatic amines is 1. The van der Waals surface area contributed by atoms with E-state index >= 15 is 0 Å². The molecule has 0 spiro atoms. The molecule has 82 valence electrons. The number of imidazole rings is 1. The third-order valence-corrected chi connectivity index (χ3v) is 2.15. The Kier molecular flexibility index (Phi) is 2.95. The van der Waals surface area contributed by atoms with Gasteiger partial charge in [0.05, 0.1) is 19.0 Å². The van der Waals surface area contributed by atoms with Crippen molar-refractivity contribution in [2.75, 3.05) is 7.11 Å². The summed E-state index contributed by atoms with van der Waals surface area (Å²) in [5, 5.41) is 0. The molecule has 0 aliphatic carbocycles. The zero-order valence-corrected chi connectivity index (χ0v) is 8.80. The molecule has 0 bridgehead atoms. The van der Waals surface area contributed by atoms with E-state index in [1.54, 1.807) is 19.4 Å². The second kappa shape index (κ2) is 4.57. The number of hydrogen-bond donors (Lipinski definition) is 1. The van der Waals surface area contributed by atoms with Gasteiger partial charge < -0.3 is 9.72 Å². The van der Waals surface area contributed by atoms with Crippen molar-refractivity contribution in [2.24, 2.45) is 0 Å². The summed E-state index contributed by atoms with van der Waals surface area (Å²) in [6.07, 6.45) is 4.59. The minimum atomic E-state index is 0.483. The first kappa shape index (κ1) is 10.4. The Labute approximate surface area is 92.5 Å². The van der Waals surface area contributed by atoms with Gasteiger partial charge in [-0.25, -0.2) is 9.97 Å². The van der Waals surface area contributed by atoms with Gasteiger partial charge >= 0.3 is 0 Å². The minimum Gasteiger partial charge on any atom is -0.481 e. The van der Waals surface area contributed by atoms with Crippen molar-refractivity contribution in [3.63, 3.8) is 0 Å². The molecule has 0 atom stereocenters. The van der Waals surface area contributed by atoms with Crippen LogP contribution in [0.2, 0.25) is 0 Å². The van der Waals surface area contributed by atoms with Gasteiger partial charge in [-0.05, 0) is 5.56 Å². The summed E-state index contributed by atoms with van der Waals surface area (Å²) < 4.78 is 4.96. The molecule has 5 heteroatoms. The van der Waals surface area contributed by atoms with Gasteiger partial charge in [-0.2, -0.15) is 0 Å². The number of carbonyl (C=O) groups excluding carboxylic acids is 1. The van der Waals surface area contributed by atoms with Crippen molar-refractivity contribution >= 4 is 6.29 Å². The number of pyridine rings is 1. The van der Waals surface area contributed by atoms with Gasteiger partial charge in [0.1, 0.15) is 5.82 Å². The number of aldehydes is 1. The largest absolute Gasteiger partial charge is 0.481 e. The van der Waals surface area contributed by atoms with Crippen LogP contribution < -0.4 is 4.74 Å². The van der Waals surface area contributed by atoms with Gasteiger partial charge in [0.2, 0.25) is 5.88 Å². The molecule has 0 fully saturated rings. The molecular weight excluding hydrogens is 206 g/mol. The number of nitrogens with zero attached hydrogens (tertiary/aromatic N) is 2. The van der Waals surface area contributed by atoms with E-state index < -0.39 is 0 Å². The number of H-pyrrole nitrogens is 1. The van der Waals surface area contributed by atoms with Crippen LogP contribution >= 0.6 is 0 Å². The lowest BCUT2D eigenvalue weighted by Crippen LogP contribution is -1.93. The Hall–Kier alpha value is -2.17. The molecule has 0 aliphatic heterocycles. The maximum absolute atomic E-state index is 10.5. The molecule has 2 aromatic rings. The molecule has 2 rings (SSSR count). The van der Waals surface area contributed by atoms with E-state index in [1.165, 1.54) is 6.20 Å². The lowest BCUT2D eigenvalue weighted by Gasteiger charge is -2.00. The molecule has 0 aromatic carbocycles. The maximum Gasteiger partial charge on any atom is 0.212 e. The van der Waals surface area contributed by atoms with Gasteiger partial charge in [-0.3, -0.25) is 4.79 Å². The SMILES string of the molecule is COc1ccc(Cc2ncc(C=O)[nH]2)cn1. The molecule has 0 unspecified atom stereocenters. The van der Waals surface area contributed by atoms with Crippen molar-refractivity contribution < 1.29 is 9.53 Å². The first-order chi connectivity index (χ1) is 7.81. The monoisotopic (exact) mass is 217 g/mol. The van der Waals surface area contributed by atoms with Gasteiger partial charge in [0.15, 0.2) is 6.29 Å². The topological polar surface area (TPSA) is 67.9 Å². The van der Waals surface area contributed by atoms with Crippen molar-refractivity contribution in [3.05, 3.63) is 41.6 Å². The number of aromatic nitrogens is 3. The number of nitrogens with one attached hydrogen (secondary N) is 1. The molecule has 0 aliphatic rings. The second-order valence-corrected chi connectivity index (χ2v) is 3.29. The van der Waals surface area contributed by atoms with Gasteiger partial charge in [0.25, 0.3) is 0 Å². The molecule has 0 saturated carbocycles. The summed E-state index contributed by atoms with van der Waals surface area (Å²) in [6.45, 7) is 0. The van der Waals surface area contributed by atoms with Crippen LogP contribution in [-0.2, 0) is 6.42 Å². The van der Waals surface area contributed by atoms with Crippen LogP contribution in [0.5, 0.6) is 5.88 Å². The van der Waals surface area contributed by atoms with E-state index in [1.807, 2.05) is 6.07 Å². The first-order valence-corrected chi connectivity index (χ1v) is 4.80. The third-order valence-electron chi connectivity index (χ3n) is 2.15. The first-order valence-electron chi connectivity index (χ1n) is 4.80. The number of ether oxygens (including phenoxy) is 1. The van der Waals surface area contributed by atoms with Crippen molar-refractivity contribution in [3.8, 4) is 5.88 Å². The van der Waals surface area contributed by atoms with E-state index in [0.29, 0.717) is 18.0 Å². The summed E-state index contributed by atoms with van der Waals surface area (Å²) in [6, 6.07) is 3.70. The second-order valence-electron chi connectivity index (χ2n) is 3.29. The molecule has 16 heavy (non-hydrogen) atoms. The van der Waals surface area contributed by atoms with E-state index in [9.17, 15) is 4.79 Å². The number of hydrogen-bond acceptors (Lipinski definition) is 4. The predicted molar refractivity (Wildman–Crippen MR) is 57.6 cm³/mol. The van der Waals surface area contributed by atoms with E-state index in [0.717, 1.165) is 17.7 Å². The average molecular weight is 217 g/mol. The van der Waals surface area contributed by atoms with E-state index in [2.05, 4.69) is 15.0 Å². The van der Waals surface area contributed by atoms with Crippen LogP contribution in [0, 0.1) is 0 Å². The summed E-state index contributed by atoms with van der Waals surface area (Å²) in [4.78, 5) is 21.5. The van der Waals surface area contributed by atoms with Gasteiger partial charge in [0, 0.05) is 18.7 Å². The fourth-order valence-corrected chi connectivity index (χ4v) is 1.36. The lowest BCUT2D eigenvalue weighted by molar-refractivity contribution is 0.111. The van der Waals surface area contributed by atoms with Crippen LogP contribution in [0.4, 0.5) is 0 Å². The molecular formula is C11H11N3O2. The van der Waals surface area contributed by atoms with Gasteiger partial charge in [-0.1, -0.05) is 6.07 Å². The number of rotatable bonds is 4. The summed E-state index contributed by atoms with van der Waals surface area (Å²) in [7, 11) is 1.57. The quantitative estimate of drug-likeness (QED) is 0.782. The highest BCUT2D eigenvalue weighted by Crippen LogP contribution is 2.09. The normalized spacial score (nSPS) is 10.1. The molecule has 0 radical (unpaired) electrons. The van der Waals surface area contributed by atoms with E-state index in [-0.39, 0.29) is 0 Å². The van der Waals surface area contributed by atoms with Crippen molar-refractivity contribution in [1.29, 1.82) is 0 Å². The molecule has 1 N–H and O–H groups in total. The zero-order valence-electron chi connectivity index (χ0n) is 8.80. The Morgan fingerprint density at radius 1 is 1.38 bits per heavy atom. The number of methoxy groups -OCH3 is 1. The highest BCUT2D eigenvalue weighted by atomic mass is 16.5. The highest BCUT2D eigenvalue weighted by Gasteiger charge is 2.02. The maximum atomic E-state index is 10.5. The summed E-state index contributed by atoms with van der Waals surface area (Å²) >= 11 is 0. The van der Waals surface area contributed by atoms with Gasteiger partial charge in [-0.15, -0.1) is 0 Å². The summed E-state index contributed by atoms with van der Waals surface area (Å²) in [5.41, 5.74) is 1.49. The Bertz CT molecular complexity index is 476. The minimum absolute atomic E-state index is 0.483. The van der Waals surface area contributed by atoms with Crippen molar-refractivity contribution in [2.45, 2.75) is 6.42 Å². The van der Waals surface area contributed by atoms with Crippen LogP contribution in [0.3, 0.4) is 0 Å². The number of carbonyl (C=O) groups is 1. The average Bonchev–Trinajstić information content (AvgIpc) is 2.78. The Balaban J connectivity index is 2.10. The fraction of sp³-hybridized carbons (Fsp3) is 0.182. The van der Waals surface area contributed by atoms with Crippen LogP contribution in [0.15, 0.2) is 24.5 Å². The zero-order chi connectivity index (χ0) is 11.4. The van der Waals surface area contributed by atoms with Crippen molar-refractivity contribution in [1.82, 2.24) is 15.0 Å². The van der Waals surface area contributed by atoms with Crippen LogP contribution in [0.25, 0.3) is 0 Å².